The van der Waals surface area contributed by atoms with Gasteiger partial charge in [0.25, 0.3) is 5.91 Å². The van der Waals surface area contributed by atoms with E-state index in [-0.39, 0.29) is 5.91 Å². The van der Waals surface area contributed by atoms with Crippen LogP contribution in [0.4, 0.5) is 0 Å². The van der Waals surface area contributed by atoms with Crippen LogP contribution in [0.2, 0.25) is 0 Å². The van der Waals surface area contributed by atoms with Gasteiger partial charge in [0, 0.05) is 13.1 Å². The van der Waals surface area contributed by atoms with E-state index in [1.165, 1.54) is 17.2 Å². The van der Waals surface area contributed by atoms with Crippen LogP contribution < -0.4 is 0 Å². The summed E-state index contributed by atoms with van der Waals surface area (Å²) in [4.78, 5) is 12.0. The molecule has 0 aliphatic carbocycles. The lowest BCUT2D eigenvalue weighted by Gasteiger charge is -2.17. The van der Waals surface area contributed by atoms with Crippen LogP contribution in [0.1, 0.15) is 0 Å². The molecular formula is C5H7NO2. The minimum Gasteiger partial charge on any atom is -0.480 e. The van der Waals surface area contributed by atoms with Gasteiger partial charge in [0.15, 0.2) is 6.73 Å². The molecule has 1 rings (SSSR count). The number of nitrogens with zero attached hydrogens (tertiary/aromatic N) is 1. The Labute approximate surface area is 47.5 Å². The van der Waals surface area contributed by atoms with Crippen LogP contribution in [-0.2, 0) is 9.53 Å². The quantitative estimate of drug-likeness (QED) is 0.440. The molecule has 1 amide bonds. The minimum atomic E-state index is -0.00347. The summed E-state index contributed by atoms with van der Waals surface area (Å²) in [5.74, 6) is -0.00347. The molecule has 1 heterocycles. The molecule has 0 aromatic rings. The predicted molar refractivity (Wildman–Crippen MR) is 27.9 cm³/mol. The Hall–Kier alpha value is -0.990. The summed E-state index contributed by atoms with van der Waals surface area (Å²) in [6.07, 6.45) is 2.80. The number of amides is 1. The molecule has 0 radical (unpaired) electrons. The fourth-order valence-corrected chi connectivity index (χ4v) is 0.452. The first-order chi connectivity index (χ1) is 3.80. The van der Waals surface area contributed by atoms with Crippen molar-refractivity contribution in [3.8, 4) is 0 Å². The van der Waals surface area contributed by atoms with Crippen molar-refractivity contribution in [3.05, 3.63) is 12.3 Å². The van der Waals surface area contributed by atoms with E-state index in [1.54, 1.807) is 7.05 Å². The zero-order chi connectivity index (χ0) is 5.98. The molecule has 8 heavy (non-hydrogen) atoms. The molecule has 3 heteroatoms. The van der Waals surface area contributed by atoms with Crippen LogP contribution in [0.5, 0.6) is 0 Å². The van der Waals surface area contributed by atoms with Gasteiger partial charge in [-0.1, -0.05) is 0 Å². The van der Waals surface area contributed by atoms with Crippen LogP contribution in [0, 0.1) is 0 Å². The summed E-state index contributed by atoms with van der Waals surface area (Å²) < 4.78 is 4.78. The zero-order valence-electron chi connectivity index (χ0n) is 4.63. The summed E-state index contributed by atoms with van der Waals surface area (Å²) in [6.45, 7) is 0.370. The molecule has 0 fully saturated rings. The average Bonchev–Trinajstić information content (AvgIpc) is 1.77. The Morgan fingerprint density at radius 2 is 2.62 bits per heavy atom. The van der Waals surface area contributed by atoms with Crippen molar-refractivity contribution in [2.75, 3.05) is 13.8 Å². The smallest absolute Gasteiger partial charge is 0.252 e. The topological polar surface area (TPSA) is 29.5 Å². The highest BCUT2D eigenvalue weighted by Gasteiger charge is 2.06. The third kappa shape index (κ3) is 0.804. The highest BCUT2D eigenvalue weighted by Crippen LogP contribution is 1.94. The summed E-state index contributed by atoms with van der Waals surface area (Å²) in [7, 11) is 1.69. The van der Waals surface area contributed by atoms with Crippen molar-refractivity contribution in [1.82, 2.24) is 4.90 Å². The normalized spacial score (nSPS) is 18.6. The number of carbonyl (C=O) groups excluding carboxylic acids is 1. The van der Waals surface area contributed by atoms with Crippen molar-refractivity contribution in [2.24, 2.45) is 0 Å². The van der Waals surface area contributed by atoms with E-state index >= 15 is 0 Å². The van der Waals surface area contributed by atoms with Gasteiger partial charge in [0.1, 0.15) is 0 Å². The lowest BCUT2D eigenvalue weighted by Crippen LogP contribution is -2.29. The Morgan fingerprint density at radius 3 is 3.00 bits per heavy atom. The van der Waals surface area contributed by atoms with E-state index in [4.69, 9.17) is 4.74 Å². The van der Waals surface area contributed by atoms with Crippen molar-refractivity contribution in [1.29, 1.82) is 0 Å². The number of ether oxygens (including phenoxy) is 1. The Kier molecular flexibility index (Phi) is 1.20. The van der Waals surface area contributed by atoms with Gasteiger partial charge < -0.3 is 9.64 Å². The van der Waals surface area contributed by atoms with E-state index in [1.807, 2.05) is 0 Å². The Balaban J connectivity index is 2.60. The van der Waals surface area contributed by atoms with E-state index < -0.39 is 0 Å². The molecule has 0 aromatic carbocycles. The molecule has 0 unspecified atom stereocenters. The maximum absolute atomic E-state index is 10.6. The maximum atomic E-state index is 10.6. The SMILES string of the molecule is CN1COC=CC1=O. The average molecular weight is 113 g/mol. The van der Waals surface area contributed by atoms with E-state index in [2.05, 4.69) is 0 Å². The van der Waals surface area contributed by atoms with Crippen molar-refractivity contribution in [2.45, 2.75) is 0 Å². The van der Waals surface area contributed by atoms with Gasteiger partial charge in [-0.3, -0.25) is 4.79 Å². The predicted octanol–water partition coefficient (Wildman–Crippen LogP) is -0.0538. The maximum Gasteiger partial charge on any atom is 0.252 e. The van der Waals surface area contributed by atoms with Gasteiger partial charge in [0.2, 0.25) is 0 Å². The van der Waals surface area contributed by atoms with Gasteiger partial charge in [-0.05, 0) is 0 Å². The highest BCUT2D eigenvalue weighted by molar-refractivity contribution is 5.87. The number of hydrogen-bond donors (Lipinski definition) is 0. The number of likely N-dealkylation sites (N-methyl/N-ethyl adjacent to an activating group) is 1. The first-order valence-electron chi connectivity index (χ1n) is 2.34. The van der Waals surface area contributed by atoms with Crippen molar-refractivity contribution < 1.29 is 9.53 Å². The number of carbonyl (C=O) groups is 1. The van der Waals surface area contributed by atoms with Gasteiger partial charge >= 0.3 is 0 Å². The first kappa shape index (κ1) is 5.15. The molecule has 0 saturated carbocycles. The molecule has 0 N–H and O–H groups in total. The fraction of sp³-hybridized carbons (Fsp3) is 0.400. The molecule has 44 valence electrons. The van der Waals surface area contributed by atoms with Crippen LogP contribution in [0.25, 0.3) is 0 Å². The fourth-order valence-electron chi connectivity index (χ4n) is 0.452. The van der Waals surface area contributed by atoms with Crippen molar-refractivity contribution in [3.63, 3.8) is 0 Å². The van der Waals surface area contributed by atoms with E-state index in [0.717, 1.165) is 0 Å². The van der Waals surface area contributed by atoms with Crippen LogP contribution in [0.15, 0.2) is 12.3 Å². The molecular weight excluding hydrogens is 106 g/mol. The molecule has 0 aromatic heterocycles. The van der Waals surface area contributed by atoms with E-state index in [0.29, 0.717) is 6.73 Å². The first-order valence-corrected chi connectivity index (χ1v) is 2.34. The zero-order valence-corrected chi connectivity index (χ0v) is 4.63. The number of rotatable bonds is 0. The monoisotopic (exact) mass is 113 g/mol. The molecule has 3 nitrogen and oxygen atoms in total. The lowest BCUT2D eigenvalue weighted by atomic mass is 10.5. The molecule has 0 spiro atoms. The van der Waals surface area contributed by atoms with Gasteiger partial charge in [-0.2, -0.15) is 0 Å². The second-order valence-corrected chi connectivity index (χ2v) is 1.63. The van der Waals surface area contributed by atoms with Gasteiger partial charge in [-0.25, -0.2) is 0 Å². The van der Waals surface area contributed by atoms with Gasteiger partial charge in [-0.15, -0.1) is 0 Å². The number of hydrogen-bond acceptors (Lipinski definition) is 2. The van der Waals surface area contributed by atoms with Crippen LogP contribution in [-0.4, -0.2) is 24.6 Å². The van der Waals surface area contributed by atoms with Crippen LogP contribution >= 0.6 is 0 Å². The minimum absolute atomic E-state index is 0.00347. The van der Waals surface area contributed by atoms with Gasteiger partial charge in [0.05, 0.1) is 6.26 Å². The van der Waals surface area contributed by atoms with Crippen molar-refractivity contribution >= 4 is 5.91 Å². The Morgan fingerprint density at radius 1 is 1.88 bits per heavy atom. The Bertz CT molecular complexity index is 130. The largest absolute Gasteiger partial charge is 0.480 e. The third-order valence-electron chi connectivity index (χ3n) is 0.951. The molecule has 0 bridgehead atoms. The third-order valence-corrected chi connectivity index (χ3v) is 0.951. The molecule has 0 atom stereocenters. The standard InChI is InChI=1S/C5H7NO2/c1-6-4-8-3-2-5(6)7/h2-3H,4H2,1H3. The summed E-state index contributed by atoms with van der Waals surface area (Å²) >= 11 is 0. The highest BCUT2D eigenvalue weighted by atomic mass is 16.5. The second-order valence-electron chi connectivity index (χ2n) is 1.63. The van der Waals surface area contributed by atoms with Crippen LogP contribution in [0.3, 0.4) is 0 Å². The lowest BCUT2D eigenvalue weighted by molar-refractivity contribution is -0.130. The summed E-state index contributed by atoms with van der Waals surface area (Å²) in [5.41, 5.74) is 0. The molecule has 0 saturated heterocycles. The van der Waals surface area contributed by atoms with E-state index in [9.17, 15) is 4.79 Å². The molecule has 1 aliphatic rings. The molecule has 1 aliphatic heterocycles. The summed E-state index contributed by atoms with van der Waals surface area (Å²) in [6, 6.07) is 0. The second kappa shape index (κ2) is 1.86. The summed E-state index contributed by atoms with van der Waals surface area (Å²) in [5, 5.41) is 0.